The van der Waals surface area contributed by atoms with Gasteiger partial charge in [-0.05, 0) is 43.4 Å². The van der Waals surface area contributed by atoms with Gasteiger partial charge in [0.2, 0.25) is 5.91 Å². The van der Waals surface area contributed by atoms with E-state index in [1.807, 2.05) is 30.5 Å². The van der Waals surface area contributed by atoms with Crippen LogP contribution in [0.5, 0.6) is 0 Å². The Morgan fingerprint density at radius 2 is 2.24 bits per heavy atom. The molecule has 1 aromatic carbocycles. The molecule has 1 amide bonds. The third kappa shape index (κ3) is 4.41. The fraction of sp³-hybridized carbons (Fsp3) is 0.500. The van der Waals surface area contributed by atoms with Crippen LogP contribution in [0.1, 0.15) is 31.5 Å². The van der Waals surface area contributed by atoms with Gasteiger partial charge in [0.1, 0.15) is 5.82 Å². The summed E-state index contributed by atoms with van der Waals surface area (Å²) in [6.45, 7) is 0.952. The summed E-state index contributed by atoms with van der Waals surface area (Å²) < 4.78 is 2.21. The maximum Gasteiger partial charge on any atom is 0.241 e. The molecule has 0 bridgehead atoms. The van der Waals surface area contributed by atoms with Crippen molar-refractivity contribution in [3.05, 3.63) is 30.1 Å². The Hall–Kier alpha value is -1.86. The van der Waals surface area contributed by atoms with Crippen LogP contribution in [-0.2, 0) is 17.8 Å². The summed E-state index contributed by atoms with van der Waals surface area (Å²) in [6, 6.07) is 7.27. The minimum atomic E-state index is -0.486. The van der Waals surface area contributed by atoms with E-state index in [2.05, 4.69) is 20.1 Å². The number of aryl methyl sites for hydroxylation is 1. The number of nitrogens with zero attached hydrogens (tertiary/aromatic N) is 3. The van der Waals surface area contributed by atoms with Crippen molar-refractivity contribution in [3.8, 4) is 11.4 Å². The molecule has 0 fully saturated rings. The lowest BCUT2D eigenvalue weighted by molar-refractivity contribution is -0.117. The highest BCUT2D eigenvalue weighted by Crippen LogP contribution is 2.25. The molecule has 134 valence electrons. The Bertz CT molecular complexity index is 730. The number of carbonyl (C=O) groups is 1. The SMILES string of the molecule is CSCC[C@H](N)C(=O)Nc1cccc(-c2nnc3n2CCCCC3)c1. The van der Waals surface area contributed by atoms with E-state index in [1.54, 1.807) is 11.8 Å². The minimum absolute atomic E-state index is 0.147. The van der Waals surface area contributed by atoms with Gasteiger partial charge in [-0.2, -0.15) is 11.8 Å². The van der Waals surface area contributed by atoms with Gasteiger partial charge in [0, 0.05) is 24.2 Å². The molecule has 6 nitrogen and oxygen atoms in total. The van der Waals surface area contributed by atoms with Crippen molar-refractivity contribution in [1.29, 1.82) is 0 Å². The summed E-state index contributed by atoms with van der Waals surface area (Å²) in [5.41, 5.74) is 7.65. The Balaban J connectivity index is 1.76. The highest BCUT2D eigenvalue weighted by Gasteiger charge is 2.17. The summed E-state index contributed by atoms with van der Waals surface area (Å²) in [4.78, 5) is 12.2. The van der Waals surface area contributed by atoms with Gasteiger partial charge in [-0.15, -0.1) is 10.2 Å². The van der Waals surface area contributed by atoms with Crippen LogP contribution >= 0.6 is 11.8 Å². The van der Waals surface area contributed by atoms with Crippen molar-refractivity contribution in [3.63, 3.8) is 0 Å². The lowest BCUT2D eigenvalue weighted by Crippen LogP contribution is -2.36. The average molecular weight is 359 g/mol. The first kappa shape index (κ1) is 17.9. The molecule has 3 N–H and O–H groups in total. The topological polar surface area (TPSA) is 85.8 Å². The van der Waals surface area contributed by atoms with E-state index in [1.165, 1.54) is 12.8 Å². The quantitative estimate of drug-likeness (QED) is 0.828. The van der Waals surface area contributed by atoms with Crippen LogP contribution in [-0.4, -0.2) is 38.7 Å². The van der Waals surface area contributed by atoms with E-state index in [0.717, 1.165) is 48.0 Å². The number of thioether (sulfide) groups is 1. The van der Waals surface area contributed by atoms with E-state index in [9.17, 15) is 4.79 Å². The minimum Gasteiger partial charge on any atom is -0.325 e. The number of anilines is 1. The Kier molecular flexibility index (Phi) is 6.09. The number of carbonyl (C=O) groups excluding carboxylic acids is 1. The van der Waals surface area contributed by atoms with Gasteiger partial charge in [0.15, 0.2) is 5.82 Å². The molecule has 1 aliphatic rings. The molecule has 1 aliphatic heterocycles. The van der Waals surface area contributed by atoms with E-state index in [4.69, 9.17) is 5.73 Å². The van der Waals surface area contributed by atoms with Crippen LogP contribution in [0.25, 0.3) is 11.4 Å². The third-order valence-electron chi connectivity index (χ3n) is 4.47. The highest BCUT2D eigenvalue weighted by atomic mass is 32.2. The molecule has 1 aromatic heterocycles. The van der Waals surface area contributed by atoms with Gasteiger partial charge in [-0.1, -0.05) is 18.6 Å². The molecule has 2 heterocycles. The van der Waals surface area contributed by atoms with Crippen LogP contribution < -0.4 is 11.1 Å². The number of nitrogens with two attached hydrogens (primary N) is 1. The zero-order valence-electron chi connectivity index (χ0n) is 14.6. The molecule has 1 atom stereocenters. The van der Waals surface area contributed by atoms with Crippen LogP contribution in [0.2, 0.25) is 0 Å². The van der Waals surface area contributed by atoms with Gasteiger partial charge >= 0.3 is 0 Å². The Morgan fingerprint density at radius 3 is 3.08 bits per heavy atom. The molecule has 3 rings (SSSR count). The molecule has 0 aliphatic carbocycles. The molecule has 0 unspecified atom stereocenters. The fourth-order valence-corrected chi connectivity index (χ4v) is 3.54. The lowest BCUT2D eigenvalue weighted by Gasteiger charge is -2.13. The number of fused-ring (bicyclic) bond motifs is 1. The summed E-state index contributed by atoms with van der Waals surface area (Å²) in [6.07, 6.45) is 7.21. The normalized spacial score (nSPS) is 15.3. The lowest BCUT2D eigenvalue weighted by atomic mass is 10.1. The van der Waals surface area contributed by atoms with Crippen molar-refractivity contribution in [2.75, 3.05) is 17.3 Å². The van der Waals surface area contributed by atoms with E-state index < -0.39 is 6.04 Å². The molecular weight excluding hydrogens is 334 g/mol. The maximum atomic E-state index is 12.2. The number of hydrogen-bond donors (Lipinski definition) is 2. The number of nitrogens with one attached hydrogen (secondary N) is 1. The van der Waals surface area contributed by atoms with E-state index in [-0.39, 0.29) is 5.91 Å². The van der Waals surface area contributed by atoms with Crippen molar-refractivity contribution >= 4 is 23.4 Å². The summed E-state index contributed by atoms with van der Waals surface area (Å²) >= 11 is 1.69. The van der Waals surface area contributed by atoms with Crippen molar-refractivity contribution in [1.82, 2.24) is 14.8 Å². The van der Waals surface area contributed by atoms with Gasteiger partial charge in [0.25, 0.3) is 0 Å². The monoisotopic (exact) mass is 359 g/mol. The molecule has 0 saturated heterocycles. The Labute approximate surface area is 152 Å². The first-order chi connectivity index (χ1) is 12.2. The first-order valence-electron chi connectivity index (χ1n) is 8.77. The second kappa shape index (κ2) is 8.49. The number of aromatic nitrogens is 3. The van der Waals surface area contributed by atoms with Gasteiger partial charge < -0.3 is 15.6 Å². The number of hydrogen-bond acceptors (Lipinski definition) is 5. The first-order valence-corrected chi connectivity index (χ1v) is 10.2. The van der Waals surface area contributed by atoms with Crippen LogP contribution in [0, 0.1) is 0 Å². The molecule has 7 heteroatoms. The standard InChI is InChI=1S/C18H25N5OS/c1-25-11-9-15(19)18(24)20-14-7-5-6-13(12-14)17-22-21-16-8-3-2-4-10-23(16)17/h5-7,12,15H,2-4,8-11,19H2,1H3,(H,20,24)/t15-/m0/s1. The molecule has 0 radical (unpaired) electrons. The third-order valence-corrected chi connectivity index (χ3v) is 5.11. The summed E-state index contributed by atoms with van der Waals surface area (Å²) in [5, 5.41) is 11.6. The molecule has 25 heavy (non-hydrogen) atoms. The average Bonchev–Trinajstić information content (AvgIpc) is 2.88. The van der Waals surface area contributed by atoms with E-state index >= 15 is 0 Å². The van der Waals surface area contributed by atoms with Crippen molar-refractivity contribution < 1.29 is 4.79 Å². The smallest absolute Gasteiger partial charge is 0.241 e. The maximum absolute atomic E-state index is 12.2. The van der Waals surface area contributed by atoms with Crippen LogP contribution in [0.3, 0.4) is 0 Å². The molecule has 2 aromatic rings. The fourth-order valence-electron chi connectivity index (χ4n) is 3.05. The Morgan fingerprint density at radius 1 is 1.36 bits per heavy atom. The summed E-state index contributed by atoms with van der Waals surface area (Å²) in [5.74, 6) is 2.66. The van der Waals surface area contributed by atoms with Crippen LogP contribution in [0.4, 0.5) is 5.69 Å². The van der Waals surface area contributed by atoms with Crippen LogP contribution in [0.15, 0.2) is 24.3 Å². The number of benzene rings is 1. The predicted octanol–water partition coefficient (Wildman–Crippen LogP) is 2.69. The second-order valence-corrected chi connectivity index (χ2v) is 7.35. The molecule has 0 spiro atoms. The van der Waals surface area contributed by atoms with Gasteiger partial charge in [-0.3, -0.25) is 4.79 Å². The van der Waals surface area contributed by atoms with Crippen molar-refractivity contribution in [2.45, 2.75) is 44.7 Å². The molecule has 0 saturated carbocycles. The number of amides is 1. The zero-order chi connectivity index (χ0) is 17.6. The highest BCUT2D eigenvalue weighted by molar-refractivity contribution is 7.98. The van der Waals surface area contributed by atoms with Gasteiger partial charge in [0.05, 0.1) is 6.04 Å². The zero-order valence-corrected chi connectivity index (χ0v) is 15.4. The van der Waals surface area contributed by atoms with Gasteiger partial charge in [-0.25, -0.2) is 0 Å². The largest absolute Gasteiger partial charge is 0.325 e. The summed E-state index contributed by atoms with van der Waals surface area (Å²) in [7, 11) is 0. The second-order valence-electron chi connectivity index (χ2n) is 6.36. The van der Waals surface area contributed by atoms with Crippen molar-refractivity contribution in [2.24, 2.45) is 5.73 Å². The predicted molar refractivity (Wildman–Crippen MR) is 103 cm³/mol. The molecular formula is C18H25N5OS. The number of rotatable bonds is 6. The van der Waals surface area contributed by atoms with E-state index in [0.29, 0.717) is 6.42 Å².